The maximum absolute atomic E-state index is 6.92. The summed E-state index contributed by atoms with van der Waals surface area (Å²) in [6, 6.07) is 57.5. The van der Waals surface area contributed by atoms with Gasteiger partial charge in [-0.2, -0.15) is 0 Å². The molecule has 2 heteroatoms. The lowest BCUT2D eigenvalue weighted by atomic mass is 9.37. The van der Waals surface area contributed by atoms with Crippen molar-refractivity contribution in [2.45, 2.75) is 88.9 Å². The summed E-state index contributed by atoms with van der Waals surface area (Å²) in [5, 5.41) is 2.57. The van der Waals surface area contributed by atoms with E-state index in [4.69, 9.17) is 4.74 Å². The first kappa shape index (κ1) is 36.1. The van der Waals surface area contributed by atoms with Gasteiger partial charge >= 0.3 is 0 Å². The van der Waals surface area contributed by atoms with Crippen molar-refractivity contribution in [3.63, 3.8) is 0 Å². The van der Waals surface area contributed by atoms with Gasteiger partial charge in [-0.3, -0.25) is 0 Å². The summed E-state index contributed by atoms with van der Waals surface area (Å²) in [5.74, 6) is 5.31. The number of rotatable bonds is 5. The van der Waals surface area contributed by atoms with Crippen LogP contribution in [0.5, 0.6) is 11.5 Å². The second kappa shape index (κ2) is 12.5. The Morgan fingerprint density at radius 1 is 0.475 bits per heavy atom. The molecule has 13 rings (SSSR count). The molecule has 1 aliphatic heterocycles. The average molecular weight is 794 g/mol. The summed E-state index contributed by atoms with van der Waals surface area (Å²) in [6.07, 6.45) is 9.49. The topological polar surface area (TPSA) is 12.5 Å². The van der Waals surface area contributed by atoms with E-state index < -0.39 is 0 Å². The standard InChI is InChI=1S/C59H55NO/c1-56(2)28-29-57(3,4)50-33-44(24-26-48(50)56)60(43-22-20-40(21-23-43)39-16-18-42(19-17-39)47-13-9-11-41-10-5-6-12-46(41)47)45-25-27-53-51(34-45)59(49-14-7-8-15-52(49)61-53)54-31-37-30-38-32-55(59)58(54,35-37)36-38/h5-27,33-34,37-38,54-55H,28-32,35-36H2,1-4H3. The summed E-state index contributed by atoms with van der Waals surface area (Å²) in [7, 11) is 0. The van der Waals surface area contributed by atoms with Crippen molar-refractivity contribution in [2.24, 2.45) is 29.1 Å². The number of benzene rings is 7. The molecule has 4 fully saturated rings. The molecule has 2 spiro atoms. The number of hydrogen-bond donors (Lipinski definition) is 0. The zero-order valence-corrected chi connectivity index (χ0v) is 36.0. The minimum Gasteiger partial charge on any atom is -0.457 e. The van der Waals surface area contributed by atoms with Crippen molar-refractivity contribution in [2.75, 3.05) is 4.90 Å². The van der Waals surface area contributed by atoms with Gasteiger partial charge in [0.15, 0.2) is 0 Å². The zero-order chi connectivity index (χ0) is 40.9. The van der Waals surface area contributed by atoms with E-state index in [9.17, 15) is 0 Å². The van der Waals surface area contributed by atoms with E-state index in [2.05, 4.69) is 184 Å². The minimum atomic E-state index is 0.0136. The fraction of sp³-hybridized carbons (Fsp3) is 0.322. The van der Waals surface area contributed by atoms with Crippen molar-refractivity contribution >= 4 is 27.8 Å². The van der Waals surface area contributed by atoms with Gasteiger partial charge in [-0.15, -0.1) is 0 Å². The number of fused-ring (bicyclic) bond motifs is 10. The lowest BCUT2D eigenvalue weighted by molar-refractivity contribution is -0.0882. The molecule has 5 aliphatic carbocycles. The van der Waals surface area contributed by atoms with E-state index in [0.29, 0.717) is 17.3 Å². The average Bonchev–Trinajstić information content (AvgIpc) is 3.68. The Labute approximate surface area is 361 Å². The predicted molar refractivity (Wildman–Crippen MR) is 252 cm³/mol. The molecule has 4 saturated carbocycles. The van der Waals surface area contributed by atoms with Crippen molar-refractivity contribution in [1.82, 2.24) is 0 Å². The highest BCUT2D eigenvalue weighted by molar-refractivity contribution is 5.97. The fourth-order valence-electron chi connectivity index (χ4n) is 14.8. The quantitative estimate of drug-likeness (QED) is 0.172. The second-order valence-electron chi connectivity index (χ2n) is 21.3. The van der Waals surface area contributed by atoms with Gasteiger partial charge in [-0.05, 0) is 178 Å². The maximum atomic E-state index is 6.92. The lowest BCUT2D eigenvalue weighted by Gasteiger charge is -2.66. The third-order valence-corrected chi connectivity index (χ3v) is 17.4. The number of para-hydroxylation sites is 1. The first-order chi connectivity index (χ1) is 29.6. The molecule has 4 atom stereocenters. The van der Waals surface area contributed by atoms with Crippen LogP contribution in [0.25, 0.3) is 33.0 Å². The molecule has 0 radical (unpaired) electrons. The van der Waals surface area contributed by atoms with Gasteiger partial charge in [-0.25, -0.2) is 0 Å². The van der Waals surface area contributed by atoms with Gasteiger partial charge in [0.05, 0.1) is 0 Å². The smallest absolute Gasteiger partial charge is 0.131 e. The van der Waals surface area contributed by atoms with Crippen molar-refractivity contribution in [3.8, 4) is 33.8 Å². The molecular formula is C59H55NO. The van der Waals surface area contributed by atoms with E-state index in [1.807, 2.05) is 0 Å². The minimum absolute atomic E-state index is 0.0136. The van der Waals surface area contributed by atoms with E-state index in [0.717, 1.165) is 23.3 Å². The van der Waals surface area contributed by atoms with Gasteiger partial charge in [0.25, 0.3) is 0 Å². The molecule has 0 N–H and O–H groups in total. The first-order valence-corrected chi connectivity index (χ1v) is 23.2. The molecule has 0 amide bonds. The molecular weight excluding hydrogens is 739 g/mol. The molecule has 3 bridgehead atoms. The summed E-state index contributed by atoms with van der Waals surface area (Å²) < 4.78 is 6.92. The first-order valence-electron chi connectivity index (χ1n) is 23.2. The van der Waals surface area contributed by atoms with Crippen LogP contribution in [-0.4, -0.2) is 0 Å². The fourth-order valence-corrected chi connectivity index (χ4v) is 14.8. The molecule has 7 aromatic rings. The maximum Gasteiger partial charge on any atom is 0.131 e. The van der Waals surface area contributed by atoms with Crippen LogP contribution < -0.4 is 9.64 Å². The van der Waals surface area contributed by atoms with Gasteiger partial charge < -0.3 is 9.64 Å². The third-order valence-electron chi connectivity index (χ3n) is 17.4. The number of ether oxygens (including phenoxy) is 1. The Morgan fingerprint density at radius 2 is 1.05 bits per heavy atom. The Hall–Kier alpha value is -5.60. The van der Waals surface area contributed by atoms with E-state index >= 15 is 0 Å². The van der Waals surface area contributed by atoms with Gasteiger partial charge in [0.2, 0.25) is 0 Å². The van der Waals surface area contributed by atoms with Crippen LogP contribution in [0.3, 0.4) is 0 Å². The molecule has 2 nitrogen and oxygen atoms in total. The van der Waals surface area contributed by atoms with Crippen LogP contribution in [0, 0.1) is 29.1 Å². The van der Waals surface area contributed by atoms with E-state index in [1.54, 1.807) is 0 Å². The summed E-state index contributed by atoms with van der Waals surface area (Å²) in [5.41, 5.74) is 15.3. The Morgan fingerprint density at radius 3 is 1.80 bits per heavy atom. The summed E-state index contributed by atoms with van der Waals surface area (Å²) >= 11 is 0. The monoisotopic (exact) mass is 793 g/mol. The highest BCUT2D eigenvalue weighted by Gasteiger charge is 2.79. The van der Waals surface area contributed by atoms with Crippen molar-refractivity contribution in [3.05, 3.63) is 174 Å². The third kappa shape index (κ3) is 4.97. The SMILES string of the molecule is CC1(C)CCC(C)(C)c2cc(N(c3ccc(-c4ccc(-c5cccc6ccccc56)cc4)cc3)c3ccc4c(c3)C3(c5ccccc5O4)C4CC5CC6CC3C4(C5)C6)ccc21. The molecule has 302 valence electrons. The normalized spacial score (nSPS) is 27.7. The number of anilines is 3. The highest BCUT2D eigenvalue weighted by atomic mass is 16.5. The molecule has 6 aliphatic rings. The van der Waals surface area contributed by atoms with E-state index in [1.165, 1.54) is 117 Å². The number of hydrogen-bond acceptors (Lipinski definition) is 2. The molecule has 4 unspecified atom stereocenters. The van der Waals surface area contributed by atoms with Gasteiger partial charge in [0.1, 0.15) is 11.5 Å². The van der Waals surface area contributed by atoms with Gasteiger partial charge in [-0.1, -0.05) is 131 Å². The predicted octanol–water partition coefficient (Wildman–Crippen LogP) is 15.8. The molecule has 61 heavy (non-hydrogen) atoms. The Kier molecular flexibility index (Phi) is 7.40. The van der Waals surface area contributed by atoms with Crippen LogP contribution in [0.4, 0.5) is 17.1 Å². The Bertz CT molecular complexity index is 2890. The molecule has 0 saturated heterocycles. The second-order valence-corrected chi connectivity index (χ2v) is 21.3. The lowest BCUT2D eigenvalue weighted by Crippen LogP contribution is -2.64. The van der Waals surface area contributed by atoms with Crippen molar-refractivity contribution < 1.29 is 4.74 Å². The Balaban J connectivity index is 0.937. The summed E-state index contributed by atoms with van der Waals surface area (Å²) in [4.78, 5) is 2.55. The number of nitrogens with zero attached hydrogens (tertiary/aromatic N) is 1. The van der Waals surface area contributed by atoms with E-state index in [-0.39, 0.29) is 16.2 Å². The summed E-state index contributed by atoms with van der Waals surface area (Å²) in [6.45, 7) is 9.76. The largest absolute Gasteiger partial charge is 0.457 e. The van der Waals surface area contributed by atoms with Crippen LogP contribution in [0.1, 0.15) is 94.9 Å². The van der Waals surface area contributed by atoms with Crippen LogP contribution in [-0.2, 0) is 16.2 Å². The van der Waals surface area contributed by atoms with Crippen molar-refractivity contribution in [1.29, 1.82) is 0 Å². The molecule has 0 aromatic heterocycles. The van der Waals surface area contributed by atoms with Crippen LogP contribution in [0.15, 0.2) is 152 Å². The molecule has 7 aromatic carbocycles. The highest BCUT2D eigenvalue weighted by Crippen LogP contribution is 2.85. The van der Waals surface area contributed by atoms with Crippen LogP contribution >= 0.6 is 0 Å². The zero-order valence-electron chi connectivity index (χ0n) is 36.0. The van der Waals surface area contributed by atoms with Gasteiger partial charge in [0, 0.05) is 33.6 Å². The molecule has 1 heterocycles. The van der Waals surface area contributed by atoms with Crippen LogP contribution in [0.2, 0.25) is 0 Å².